The molecule has 1 saturated heterocycles. The number of ether oxygens (including phenoxy) is 1. The second-order valence-electron chi connectivity index (χ2n) is 5.42. The van der Waals surface area contributed by atoms with Crippen LogP contribution in [0.4, 0.5) is 4.79 Å². The van der Waals surface area contributed by atoms with Crippen molar-refractivity contribution in [1.82, 2.24) is 4.90 Å². The first-order valence-corrected chi connectivity index (χ1v) is 5.49. The van der Waals surface area contributed by atoms with Gasteiger partial charge in [-0.25, -0.2) is 4.79 Å². The molecule has 2 unspecified atom stereocenters. The Hall–Kier alpha value is -0.810. The molecule has 94 valence electrons. The van der Waals surface area contributed by atoms with Gasteiger partial charge < -0.3 is 19.8 Å². The molecule has 0 aromatic carbocycles. The monoisotopic (exact) mass is 231 g/mol. The first-order valence-electron chi connectivity index (χ1n) is 5.49. The summed E-state index contributed by atoms with van der Waals surface area (Å²) >= 11 is 0. The van der Waals surface area contributed by atoms with Crippen molar-refractivity contribution in [2.24, 2.45) is 5.41 Å². The van der Waals surface area contributed by atoms with E-state index in [2.05, 4.69) is 0 Å². The van der Waals surface area contributed by atoms with Crippen molar-refractivity contribution in [2.75, 3.05) is 13.7 Å². The maximum Gasteiger partial charge on any atom is 0.407 e. The first kappa shape index (κ1) is 13.3. The van der Waals surface area contributed by atoms with E-state index in [0.29, 0.717) is 19.4 Å². The van der Waals surface area contributed by atoms with Gasteiger partial charge in [0.15, 0.2) is 5.79 Å². The number of nitrogens with zero attached hydrogens (tertiary/aromatic N) is 1. The number of carboxylic acid groups (broad SMARTS) is 1. The zero-order valence-corrected chi connectivity index (χ0v) is 10.4. The van der Waals surface area contributed by atoms with Crippen LogP contribution in [0.3, 0.4) is 0 Å². The molecule has 5 heteroatoms. The molecule has 0 bridgehead atoms. The third-order valence-corrected chi connectivity index (χ3v) is 3.33. The van der Waals surface area contributed by atoms with Crippen LogP contribution in [-0.2, 0) is 4.74 Å². The lowest BCUT2D eigenvalue weighted by atomic mass is 9.79. The molecule has 0 aliphatic carbocycles. The van der Waals surface area contributed by atoms with Gasteiger partial charge in [0.25, 0.3) is 0 Å². The molecule has 2 atom stereocenters. The van der Waals surface area contributed by atoms with E-state index in [1.165, 1.54) is 11.9 Å². The third kappa shape index (κ3) is 2.47. The molecule has 0 aromatic heterocycles. The maximum absolute atomic E-state index is 10.9. The molecule has 1 rings (SSSR count). The van der Waals surface area contributed by atoms with E-state index in [0.717, 1.165) is 0 Å². The summed E-state index contributed by atoms with van der Waals surface area (Å²) < 4.78 is 5.43. The maximum atomic E-state index is 10.9. The smallest absolute Gasteiger partial charge is 0.407 e. The molecule has 0 spiro atoms. The van der Waals surface area contributed by atoms with E-state index in [1.54, 1.807) is 0 Å². The second kappa shape index (κ2) is 4.22. The molecule has 1 aliphatic rings. The van der Waals surface area contributed by atoms with Gasteiger partial charge in [-0.2, -0.15) is 0 Å². The van der Waals surface area contributed by atoms with E-state index >= 15 is 0 Å². The van der Waals surface area contributed by atoms with Gasteiger partial charge in [0.2, 0.25) is 0 Å². The Morgan fingerprint density at radius 1 is 1.50 bits per heavy atom. The summed E-state index contributed by atoms with van der Waals surface area (Å²) in [6.07, 6.45) is -0.0244. The van der Waals surface area contributed by atoms with Gasteiger partial charge in [-0.15, -0.1) is 0 Å². The van der Waals surface area contributed by atoms with Gasteiger partial charge in [0, 0.05) is 24.9 Å². The quantitative estimate of drug-likeness (QED) is 0.717. The fourth-order valence-electron chi connectivity index (χ4n) is 1.85. The predicted octanol–water partition coefficient (Wildman–Crippen LogP) is 1.51. The van der Waals surface area contributed by atoms with Crippen LogP contribution in [-0.4, -0.2) is 46.7 Å². The second-order valence-corrected chi connectivity index (χ2v) is 5.42. The molecule has 1 amide bonds. The predicted molar refractivity (Wildman–Crippen MR) is 59.2 cm³/mol. The number of rotatable bonds is 1. The molecular weight excluding hydrogens is 210 g/mol. The average molecular weight is 231 g/mol. The largest absolute Gasteiger partial charge is 0.465 e. The van der Waals surface area contributed by atoms with Crippen LogP contribution < -0.4 is 0 Å². The summed E-state index contributed by atoms with van der Waals surface area (Å²) in [7, 11) is 1.53. The molecule has 16 heavy (non-hydrogen) atoms. The van der Waals surface area contributed by atoms with E-state index in [-0.39, 0.29) is 6.04 Å². The summed E-state index contributed by atoms with van der Waals surface area (Å²) in [4.78, 5) is 12.1. The average Bonchev–Trinajstić information content (AvgIpc) is 2.15. The Morgan fingerprint density at radius 3 is 2.50 bits per heavy atom. The lowest BCUT2D eigenvalue weighted by Gasteiger charge is -2.46. The van der Waals surface area contributed by atoms with Crippen LogP contribution in [0.15, 0.2) is 0 Å². The lowest BCUT2D eigenvalue weighted by Crippen LogP contribution is -2.55. The van der Waals surface area contributed by atoms with Crippen LogP contribution in [0.1, 0.15) is 33.6 Å². The summed E-state index contributed by atoms with van der Waals surface area (Å²) in [5.41, 5.74) is -0.426. The van der Waals surface area contributed by atoms with Crippen molar-refractivity contribution < 1.29 is 19.7 Å². The van der Waals surface area contributed by atoms with E-state index in [9.17, 15) is 9.90 Å². The molecule has 2 N–H and O–H groups in total. The minimum Gasteiger partial charge on any atom is -0.465 e. The number of aliphatic hydroxyl groups is 1. The number of carbonyl (C=O) groups is 1. The van der Waals surface area contributed by atoms with Crippen LogP contribution in [0, 0.1) is 5.41 Å². The van der Waals surface area contributed by atoms with Crippen LogP contribution >= 0.6 is 0 Å². The Balaban J connectivity index is 2.78. The highest BCUT2D eigenvalue weighted by Crippen LogP contribution is 2.39. The Labute approximate surface area is 96.0 Å². The summed E-state index contributed by atoms with van der Waals surface area (Å²) in [5.74, 6) is -1.25. The number of amides is 1. The molecule has 0 aromatic rings. The van der Waals surface area contributed by atoms with Gasteiger partial charge in [-0.3, -0.25) is 0 Å². The highest BCUT2D eigenvalue weighted by Gasteiger charge is 2.46. The van der Waals surface area contributed by atoms with Crippen molar-refractivity contribution in [2.45, 2.75) is 45.4 Å². The molecule has 0 saturated carbocycles. The Kier molecular flexibility index (Phi) is 3.50. The third-order valence-electron chi connectivity index (χ3n) is 3.33. The molecule has 5 nitrogen and oxygen atoms in total. The molecule has 1 heterocycles. The van der Waals surface area contributed by atoms with Gasteiger partial charge in [-0.05, 0) is 6.42 Å². The number of hydrogen-bond acceptors (Lipinski definition) is 3. The topological polar surface area (TPSA) is 70.0 Å². The zero-order valence-electron chi connectivity index (χ0n) is 10.4. The Bertz CT molecular complexity index is 274. The van der Waals surface area contributed by atoms with Gasteiger partial charge in [0.05, 0.1) is 6.61 Å². The van der Waals surface area contributed by atoms with Crippen LogP contribution in [0.2, 0.25) is 0 Å². The first-order chi connectivity index (χ1) is 7.17. The molecular formula is C11H21NO4. The van der Waals surface area contributed by atoms with Crippen molar-refractivity contribution in [3.8, 4) is 0 Å². The molecule has 1 aliphatic heterocycles. The highest BCUT2D eigenvalue weighted by molar-refractivity contribution is 5.65. The van der Waals surface area contributed by atoms with Crippen LogP contribution in [0.5, 0.6) is 0 Å². The van der Waals surface area contributed by atoms with Gasteiger partial charge >= 0.3 is 6.09 Å². The normalized spacial score (nSPS) is 31.2. The standard InChI is InChI=1S/C11H21NO4/c1-10(2,3)11(15)7-8(5-6-16-11)12(4)9(13)14/h8,15H,5-7H2,1-4H3,(H,13,14). The SMILES string of the molecule is CN(C(=O)O)C1CCOC(O)(C(C)(C)C)C1. The van der Waals surface area contributed by atoms with Crippen molar-refractivity contribution in [1.29, 1.82) is 0 Å². The minimum atomic E-state index is -1.25. The van der Waals surface area contributed by atoms with Crippen molar-refractivity contribution in [3.05, 3.63) is 0 Å². The zero-order chi connectivity index (χ0) is 12.6. The Morgan fingerprint density at radius 2 is 2.06 bits per heavy atom. The highest BCUT2D eigenvalue weighted by atomic mass is 16.6. The van der Waals surface area contributed by atoms with E-state index in [1.807, 2.05) is 20.8 Å². The summed E-state index contributed by atoms with van der Waals surface area (Å²) in [6.45, 7) is 6.04. The van der Waals surface area contributed by atoms with Crippen LogP contribution in [0.25, 0.3) is 0 Å². The fourth-order valence-corrected chi connectivity index (χ4v) is 1.85. The van der Waals surface area contributed by atoms with E-state index < -0.39 is 17.3 Å². The van der Waals surface area contributed by atoms with Gasteiger partial charge in [0.1, 0.15) is 0 Å². The minimum absolute atomic E-state index is 0.185. The summed E-state index contributed by atoms with van der Waals surface area (Å²) in [6, 6.07) is -0.185. The van der Waals surface area contributed by atoms with E-state index in [4.69, 9.17) is 9.84 Å². The molecule has 0 radical (unpaired) electrons. The lowest BCUT2D eigenvalue weighted by molar-refractivity contribution is -0.286. The number of hydrogen-bond donors (Lipinski definition) is 2. The summed E-state index contributed by atoms with van der Waals surface area (Å²) in [5, 5.41) is 19.3. The molecule has 1 fully saturated rings. The van der Waals surface area contributed by atoms with Crippen molar-refractivity contribution in [3.63, 3.8) is 0 Å². The van der Waals surface area contributed by atoms with Gasteiger partial charge in [-0.1, -0.05) is 20.8 Å². The fraction of sp³-hybridized carbons (Fsp3) is 0.909. The van der Waals surface area contributed by atoms with Crippen molar-refractivity contribution >= 4 is 6.09 Å².